The molecule has 0 saturated heterocycles. The van der Waals surface area contributed by atoms with Crippen LogP contribution in [0.15, 0.2) is 35.1 Å². The first-order valence-corrected chi connectivity index (χ1v) is 6.74. The minimum atomic E-state index is -0.0721. The van der Waals surface area contributed by atoms with E-state index in [9.17, 15) is 4.79 Å². The van der Waals surface area contributed by atoms with Gasteiger partial charge in [-0.1, -0.05) is 12.1 Å². The molecule has 0 spiro atoms. The van der Waals surface area contributed by atoms with Gasteiger partial charge in [0.15, 0.2) is 0 Å². The van der Waals surface area contributed by atoms with Crippen LogP contribution in [-0.4, -0.2) is 11.2 Å². The number of pyridine rings is 1. The molecule has 1 aromatic heterocycles. The van der Waals surface area contributed by atoms with Crippen molar-refractivity contribution >= 4 is 0 Å². The summed E-state index contributed by atoms with van der Waals surface area (Å²) in [6, 6.07) is 9.52. The Morgan fingerprint density at radius 3 is 2.60 bits per heavy atom. The number of aromatic nitrogens is 1. The predicted octanol–water partition coefficient (Wildman–Crippen LogP) is 2.31. The van der Waals surface area contributed by atoms with E-state index in [0.717, 1.165) is 16.9 Å². The molecule has 0 aliphatic carbocycles. The lowest BCUT2D eigenvalue weighted by Crippen LogP contribution is -2.27. The van der Waals surface area contributed by atoms with Crippen LogP contribution in [-0.2, 0) is 6.54 Å². The van der Waals surface area contributed by atoms with E-state index in [2.05, 4.69) is 0 Å². The van der Waals surface area contributed by atoms with Gasteiger partial charge < -0.3 is 10.5 Å². The van der Waals surface area contributed by atoms with Crippen LogP contribution in [0.1, 0.15) is 23.7 Å². The topological polar surface area (TPSA) is 57.2 Å². The summed E-state index contributed by atoms with van der Waals surface area (Å²) in [7, 11) is 0. The summed E-state index contributed by atoms with van der Waals surface area (Å²) in [6.45, 7) is 6.54. The highest BCUT2D eigenvalue weighted by molar-refractivity contribution is 5.48. The SMILES string of the molecule is CCOc1ccccc1-n1c(C)cc(C)c(CN)c1=O. The number of hydrogen-bond donors (Lipinski definition) is 1. The van der Waals surface area contributed by atoms with Crippen molar-refractivity contribution in [3.8, 4) is 11.4 Å². The fourth-order valence-electron chi connectivity index (χ4n) is 2.40. The molecule has 2 rings (SSSR count). The molecule has 0 unspecified atom stereocenters. The standard InChI is InChI=1S/C16H20N2O2/c1-4-20-15-8-6-5-7-14(15)18-12(3)9-11(2)13(10-17)16(18)19/h5-9H,4,10,17H2,1-3H3. The largest absolute Gasteiger partial charge is 0.492 e. The van der Waals surface area contributed by atoms with Crippen LogP contribution in [0.3, 0.4) is 0 Å². The van der Waals surface area contributed by atoms with E-state index in [0.29, 0.717) is 17.9 Å². The third-order valence-electron chi connectivity index (χ3n) is 3.33. The van der Waals surface area contributed by atoms with Crippen LogP contribution in [0, 0.1) is 13.8 Å². The van der Waals surface area contributed by atoms with Crippen LogP contribution in [0.2, 0.25) is 0 Å². The predicted molar refractivity (Wildman–Crippen MR) is 80.6 cm³/mol. The lowest BCUT2D eigenvalue weighted by Gasteiger charge is -2.17. The van der Waals surface area contributed by atoms with E-state index < -0.39 is 0 Å². The molecule has 0 amide bonds. The third kappa shape index (κ3) is 2.47. The van der Waals surface area contributed by atoms with Crippen molar-refractivity contribution in [1.82, 2.24) is 4.57 Å². The lowest BCUT2D eigenvalue weighted by atomic mass is 10.1. The average Bonchev–Trinajstić information content (AvgIpc) is 2.41. The van der Waals surface area contributed by atoms with E-state index >= 15 is 0 Å². The van der Waals surface area contributed by atoms with E-state index in [4.69, 9.17) is 10.5 Å². The molecule has 0 radical (unpaired) electrons. The fourth-order valence-corrected chi connectivity index (χ4v) is 2.40. The first-order valence-electron chi connectivity index (χ1n) is 6.74. The van der Waals surface area contributed by atoms with Crippen molar-refractivity contribution in [1.29, 1.82) is 0 Å². The maximum Gasteiger partial charge on any atom is 0.260 e. The molecular weight excluding hydrogens is 252 g/mol. The zero-order valence-corrected chi connectivity index (χ0v) is 12.1. The van der Waals surface area contributed by atoms with Crippen molar-refractivity contribution in [2.24, 2.45) is 5.73 Å². The Bertz CT molecular complexity index is 675. The number of benzene rings is 1. The van der Waals surface area contributed by atoms with Gasteiger partial charge >= 0.3 is 0 Å². The first kappa shape index (κ1) is 14.3. The fraction of sp³-hybridized carbons (Fsp3) is 0.312. The molecule has 0 saturated carbocycles. The molecule has 0 bridgehead atoms. The monoisotopic (exact) mass is 272 g/mol. The number of para-hydroxylation sites is 2. The average molecular weight is 272 g/mol. The molecular formula is C16H20N2O2. The highest BCUT2D eigenvalue weighted by Gasteiger charge is 2.13. The van der Waals surface area contributed by atoms with E-state index in [1.54, 1.807) is 4.57 Å². The van der Waals surface area contributed by atoms with Gasteiger partial charge in [-0.25, -0.2) is 0 Å². The van der Waals surface area contributed by atoms with Gasteiger partial charge in [0.1, 0.15) is 5.75 Å². The van der Waals surface area contributed by atoms with Gasteiger partial charge in [-0.2, -0.15) is 0 Å². The van der Waals surface area contributed by atoms with Crippen LogP contribution in [0.5, 0.6) is 5.75 Å². The third-order valence-corrected chi connectivity index (χ3v) is 3.33. The summed E-state index contributed by atoms with van der Waals surface area (Å²) < 4.78 is 7.28. The molecule has 4 heteroatoms. The first-order chi connectivity index (χ1) is 9.60. The Hall–Kier alpha value is -2.07. The number of aryl methyl sites for hydroxylation is 2. The minimum Gasteiger partial charge on any atom is -0.492 e. The molecule has 20 heavy (non-hydrogen) atoms. The quantitative estimate of drug-likeness (QED) is 0.929. The maximum atomic E-state index is 12.6. The molecule has 0 aliphatic rings. The maximum absolute atomic E-state index is 12.6. The van der Waals surface area contributed by atoms with Crippen molar-refractivity contribution in [3.63, 3.8) is 0 Å². The summed E-state index contributed by atoms with van der Waals surface area (Å²) in [5.74, 6) is 0.701. The molecule has 2 aromatic rings. The number of nitrogens with zero attached hydrogens (tertiary/aromatic N) is 1. The van der Waals surface area contributed by atoms with Gasteiger partial charge in [-0.15, -0.1) is 0 Å². The smallest absolute Gasteiger partial charge is 0.260 e. The van der Waals surface area contributed by atoms with Crippen molar-refractivity contribution in [2.45, 2.75) is 27.3 Å². The number of ether oxygens (including phenoxy) is 1. The second-order valence-corrected chi connectivity index (χ2v) is 4.69. The van der Waals surface area contributed by atoms with E-state index in [-0.39, 0.29) is 12.1 Å². The Labute approximate surface area is 118 Å². The second kappa shape index (κ2) is 5.92. The summed E-state index contributed by atoms with van der Waals surface area (Å²) in [5, 5.41) is 0. The summed E-state index contributed by atoms with van der Waals surface area (Å²) in [6.07, 6.45) is 0. The Morgan fingerprint density at radius 1 is 1.25 bits per heavy atom. The van der Waals surface area contributed by atoms with Crippen LogP contribution < -0.4 is 16.0 Å². The van der Waals surface area contributed by atoms with Crippen molar-refractivity contribution < 1.29 is 4.74 Å². The number of rotatable bonds is 4. The molecule has 0 atom stereocenters. The summed E-state index contributed by atoms with van der Waals surface area (Å²) in [5.41, 5.74) is 8.83. The highest BCUT2D eigenvalue weighted by Crippen LogP contribution is 2.23. The Balaban J connectivity index is 2.73. The normalized spacial score (nSPS) is 10.6. The van der Waals surface area contributed by atoms with Crippen LogP contribution in [0.4, 0.5) is 0 Å². The van der Waals surface area contributed by atoms with Gasteiger partial charge in [0.05, 0.1) is 12.3 Å². The molecule has 0 fully saturated rings. The number of nitrogens with two attached hydrogens (primary N) is 1. The molecule has 1 heterocycles. The van der Waals surface area contributed by atoms with Crippen LogP contribution in [0.25, 0.3) is 5.69 Å². The van der Waals surface area contributed by atoms with Gasteiger partial charge in [-0.3, -0.25) is 9.36 Å². The van der Waals surface area contributed by atoms with Gasteiger partial charge in [0.25, 0.3) is 5.56 Å². The van der Waals surface area contributed by atoms with Gasteiger partial charge in [-0.05, 0) is 44.5 Å². The zero-order valence-electron chi connectivity index (χ0n) is 12.1. The highest BCUT2D eigenvalue weighted by atomic mass is 16.5. The summed E-state index contributed by atoms with van der Waals surface area (Å²) >= 11 is 0. The number of hydrogen-bond acceptors (Lipinski definition) is 3. The summed E-state index contributed by atoms with van der Waals surface area (Å²) in [4.78, 5) is 12.6. The second-order valence-electron chi connectivity index (χ2n) is 4.69. The van der Waals surface area contributed by atoms with Crippen molar-refractivity contribution in [2.75, 3.05) is 6.61 Å². The van der Waals surface area contributed by atoms with Gasteiger partial charge in [0, 0.05) is 17.8 Å². The Morgan fingerprint density at radius 2 is 1.95 bits per heavy atom. The zero-order chi connectivity index (χ0) is 14.7. The molecule has 106 valence electrons. The van der Waals surface area contributed by atoms with E-state index in [1.165, 1.54) is 0 Å². The van der Waals surface area contributed by atoms with Crippen LogP contribution >= 0.6 is 0 Å². The minimum absolute atomic E-state index is 0.0721. The lowest BCUT2D eigenvalue weighted by molar-refractivity contribution is 0.338. The molecule has 1 aromatic carbocycles. The molecule has 2 N–H and O–H groups in total. The van der Waals surface area contributed by atoms with Crippen molar-refractivity contribution in [3.05, 3.63) is 57.5 Å². The Kier molecular flexibility index (Phi) is 4.25. The van der Waals surface area contributed by atoms with E-state index in [1.807, 2.05) is 51.1 Å². The van der Waals surface area contributed by atoms with Gasteiger partial charge in [0.2, 0.25) is 0 Å². The molecule has 4 nitrogen and oxygen atoms in total. The molecule has 0 aliphatic heterocycles.